The van der Waals surface area contributed by atoms with E-state index in [0.29, 0.717) is 23.4 Å². The fourth-order valence-corrected chi connectivity index (χ4v) is 4.67. The lowest BCUT2D eigenvalue weighted by molar-refractivity contribution is -0.134. The molecule has 3 aliphatic rings. The van der Waals surface area contributed by atoms with E-state index in [1.807, 2.05) is 19.9 Å². The number of para-hydroxylation sites is 1. The van der Waals surface area contributed by atoms with Crippen LogP contribution in [0.5, 0.6) is 5.75 Å². The first-order valence-corrected chi connectivity index (χ1v) is 9.18. The second-order valence-corrected chi connectivity index (χ2v) is 8.32. The minimum absolute atomic E-state index is 0.145. The third-order valence-corrected chi connectivity index (χ3v) is 5.68. The number of carbonyl (C=O) groups is 3. The summed E-state index contributed by atoms with van der Waals surface area (Å²) in [5.41, 5.74) is 10.1. The number of nitrogens with two attached hydrogens (primary N) is 2. The van der Waals surface area contributed by atoms with Gasteiger partial charge in [-0.15, -0.1) is 0 Å². The minimum atomic E-state index is -1.73. The van der Waals surface area contributed by atoms with Crippen LogP contribution in [0, 0.1) is 16.7 Å². The number of Topliss-reactive ketones (excluding diaryl/α,β-unsaturated/α-hetero) is 1. The van der Waals surface area contributed by atoms with Gasteiger partial charge in [0.05, 0.1) is 0 Å². The zero-order chi connectivity index (χ0) is 21.1. The van der Waals surface area contributed by atoms with Gasteiger partial charge in [-0.05, 0) is 17.9 Å². The molecule has 1 spiro atoms. The molecule has 2 heterocycles. The number of nitrogens with zero attached hydrogens (tertiary/aromatic N) is 2. The number of fused-ring (bicyclic) bond motifs is 3. The highest BCUT2D eigenvalue weighted by Crippen LogP contribution is 2.57. The van der Waals surface area contributed by atoms with Gasteiger partial charge in [0.2, 0.25) is 17.7 Å². The molecule has 1 atom stereocenters. The van der Waals surface area contributed by atoms with Crippen LogP contribution in [-0.2, 0) is 19.8 Å². The second-order valence-electron chi connectivity index (χ2n) is 8.32. The zero-order valence-corrected chi connectivity index (χ0v) is 16.1. The summed E-state index contributed by atoms with van der Waals surface area (Å²) >= 11 is 0. The Balaban J connectivity index is 2.11. The summed E-state index contributed by atoms with van der Waals surface area (Å²) in [6, 6.07) is 8.66. The molecule has 8 nitrogen and oxygen atoms in total. The minimum Gasteiger partial charge on any atom is -0.440 e. The molecule has 1 aromatic carbocycles. The van der Waals surface area contributed by atoms with Gasteiger partial charge in [0.15, 0.2) is 5.78 Å². The number of amides is 2. The van der Waals surface area contributed by atoms with Gasteiger partial charge in [-0.3, -0.25) is 14.4 Å². The Hall–Kier alpha value is -3.60. The molecule has 0 aromatic heterocycles. The van der Waals surface area contributed by atoms with Crippen LogP contribution >= 0.6 is 0 Å². The number of benzene rings is 1. The van der Waals surface area contributed by atoms with Crippen LogP contribution in [0.25, 0.3) is 0 Å². The van der Waals surface area contributed by atoms with Crippen molar-refractivity contribution in [1.29, 1.82) is 5.26 Å². The van der Waals surface area contributed by atoms with Crippen molar-refractivity contribution in [3.63, 3.8) is 0 Å². The van der Waals surface area contributed by atoms with Gasteiger partial charge >= 0.3 is 0 Å². The monoisotopic (exact) mass is 392 g/mol. The van der Waals surface area contributed by atoms with Gasteiger partial charge < -0.3 is 21.1 Å². The third kappa shape index (κ3) is 2.40. The lowest BCUT2D eigenvalue weighted by Gasteiger charge is -2.37. The summed E-state index contributed by atoms with van der Waals surface area (Å²) in [6.45, 7) is 3.45. The van der Waals surface area contributed by atoms with Gasteiger partial charge in [0, 0.05) is 23.3 Å². The Morgan fingerprint density at radius 2 is 1.97 bits per heavy atom. The molecule has 0 radical (unpaired) electrons. The Bertz CT molecular complexity index is 1090. The number of nitriles is 1. The SMILES string of the molecule is CC1(C)CC(=O)C2=C(C1)N(CC(N)=O)C(=O)[C@@]21C(C#N)=C(N)Oc2ccccc21. The molecule has 0 fully saturated rings. The van der Waals surface area contributed by atoms with Crippen molar-refractivity contribution in [2.24, 2.45) is 16.9 Å². The maximum atomic E-state index is 13.8. The van der Waals surface area contributed by atoms with Crippen LogP contribution in [-0.4, -0.2) is 29.0 Å². The van der Waals surface area contributed by atoms with Crippen molar-refractivity contribution in [1.82, 2.24) is 4.90 Å². The highest BCUT2D eigenvalue weighted by Gasteiger charge is 2.63. The van der Waals surface area contributed by atoms with Gasteiger partial charge in [0.25, 0.3) is 0 Å². The molecule has 0 saturated heterocycles. The van der Waals surface area contributed by atoms with Crippen molar-refractivity contribution in [3.8, 4) is 11.8 Å². The Morgan fingerprint density at radius 1 is 1.28 bits per heavy atom. The number of carbonyl (C=O) groups excluding carboxylic acids is 3. The quantitative estimate of drug-likeness (QED) is 0.769. The first-order chi connectivity index (χ1) is 13.6. The first-order valence-electron chi connectivity index (χ1n) is 9.18. The smallest absolute Gasteiger partial charge is 0.248 e. The fraction of sp³-hybridized carbons (Fsp3) is 0.333. The number of allylic oxidation sites excluding steroid dienone is 1. The van der Waals surface area contributed by atoms with Gasteiger partial charge in [-0.25, -0.2) is 0 Å². The Morgan fingerprint density at radius 3 is 2.62 bits per heavy atom. The average molecular weight is 392 g/mol. The van der Waals surface area contributed by atoms with E-state index in [2.05, 4.69) is 0 Å². The summed E-state index contributed by atoms with van der Waals surface area (Å²) in [4.78, 5) is 40.2. The summed E-state index contributed by atoms with van der Waals surface area (Å²) in [6.07, 6.45) is 0.587. The second kappa shape index (κ2) is 5.95. The molecule has 4 rings (SSSR count). The maximum Gasteiger partial charge on any atom is 0.248 e. The number of hydrogen-bond acceptors (Lipinski definition) is 6. The average Bonchev–Trinajstić information content (AvgIpc) is 2.84. The van der Waals surface area contributed by atoms with E-state index in [9.17, 15) is 19.6 Å². The molecular formula is C21H20N4O4. The van der Waals surface area contributed by atoms with E-state index in [-0.39, 0.29) is 35.8 Å². The fourth-order valence-electron chi connectivity index (χ4n) is 4.67. The lowest BCUT2D eigenvalue weighted by Crippen LogP contribution is -2.48. The van der Waals surface area contributed by atoms with E-state index < -0.39 is 22.6 Å². The van der Waals surface area contributed by atoms with Crippen molar-refractivity contribution in [3.05, 3.63) is 52.6 Å². The summed E-state index contributed by atoms with van der Waals surface area (Å²) < 4.78 is 5.58. The third-order valence-electron chi connectivity index (χ3n) is 5.68. The van der Waals surface area contributed by atoms with E-state index in [1.165, 1.54) is 4.90 Å². The van der Waals surface area contributed by atoms with Crippen LogP contribution in [0.15, 0.2) is 47.0 Å². The van der Waals surface area contributed by atoms with Gasteiger partial charge in [-0.2, -0.15) is 5.26 Å². The van der Waals surface area contributed by atoms with E-state index in [0.717, 1.165) is 0 Å². The van der Waals surface area contributed by atoms with Gasteiger partial charge in [0.1, 0.15) is 29.4 Å². The van der Waals surface area contributed by atoms with E-state index in [4.69, 9.17) is 16.2 Å². The molecule has 2 aliphatic heterocycles. The Kier molecular flexibility index (Phi) is 3.84. The number of hydrogen-bond donors (Lipinski definition) is 2. The van der Waals surface area contributed by atoms with Gasteiger partial charge in [-0.1, -0.05) is 32.0 Å². The van der Waals surface area contributed by atoms with E-state index >= 15 is 0 Å². The molecular weight excluding hydrogens is 372 g/mol. The zero-order valence-electron chi connectivity index (χ0n) is 16.1. The molecule has 0 saturated carbocycles. The number of ketones is 1. The van der Waals surface area contributed by atoms with Crippen LogP contribution in [0.1, 0.15) is 32.3 Å². The summed E-state index contributed by atoms with van der Waals surface area (Å²) in [5, 5.41) is 9.91. The predicted molar refractivity (Wildman–Crippen MR) is 102 cm³/mol. The molecule has 148 valence electrons. The normalized spacial score (nSPS) is 24.9. The molecule has 29 heavy (non-hydrogen) atoms. The molecule has 8 heteroatoms. The number of rotatable bonds is 2. The maximum absolute atomic E-state index is 13.8. The highest BCUT2D eigenvalue weighted by molar-refractivity contribution is 6.16. The van der Waals surface area contributed by atoms with Crippen molar-refractivity contribution < 1.29 is 19.1 Å². The summed E-state index contributed by atoms with van der Waals surface area (Å²) in [7, 11) is 0. The van der Waals surface area contributed by atoms with Crippen molar-refractivity contribution in [2.45, 2.75) is 32.1 Å². The molecule has 4 N–H and O–H groups in total. The van der Waals surface area contributed by atoms with Crippen LogP contribution in [0.3, 0.4) is 0 Å². The largest absolute Gasteiger partial charge is 0.440 e. The van der Waals surface area contributed by atoms with Crippen LogP contribution in [0.2, 0.25) is 0 Å². The highest BCUT2D eigenvalue weighted by atomic mass is 16.5. The Labute approximate surface area is 167 Å². The molecule has 2 amide bonds. The van der Waals surface area contributed by atoms with Crippen molar-refractivity contribution in [2.75, 3.05) is 6.54 Å². The molecule has 1 aromatic rings. The lowest BCUT2D eigenvalue weighted by atomic mass is 9.63. The summed E-state index contributed by atoms with van der Waals surface area (Å²) in [5.74, 6) is -1.49. The number of ether oxygens (including phenoxy) is 1. The molecule has 0 unspecified atom stereocenters. The standard InChI is InChI=1S/C21H20N4O4/c1-20(2)7-13-17(14(26)8-20)21(19(28)25(13)10-16(23)27)11-5-3-4-6-15(11)29-18(24)12(21)9-22/h3-6H,7-8,10,24H2,1-2H3,(H2,23,27)/t21-/m0/s1. The topological polar surface area (TPSA) is 140 Å². The first kappa shape index (κ1) is 18.7. The van der Waals surface area contributed by atoms with Crippen LogP contribution in [0.4, 0.5) is 0 Å². The molecule has 1 aliphatic carbocycles. The number of primary amides is 1. The predicted octanol–water partition coefficient (Wildman–Crippen LogP) is 0.981. The van der Waals surface area contributed by atoms with E-state index in [1.54, 1.807) is 24.3 Å². The van der Waals surface area contributed by atoms with Crippen molar-refractivity contribution >= 4 is 17.6 Å². The molecule has 0 bridgehead atoms. The van der Waals surface area contributed by atoms with Crippen LogP contribution < -0.4 is 16.2 Å².